The van der Waals surface area contributed by atoms with Crippen molar-refractivity contribution in [1.29, 1.82) is 0 Å². The summed E-state index contributed by atoms with van der Waals surface area (Å²) >= 11 is 0. The largest absolute Gasteiger partial charge is 0.497 e. The number of methoxy groups -OCH3 is 2. The highest BCUT2D eigenvalue weighted by Gasteiger charge is 2.57. The Labute approximate surface area is 166 Å². The topological polar surface area (TPSA) is 59.6 Å². The van der Waals surface area contributed by atoms with E-state index in [1.807, 2.05) is 48.5 Å². The van der Waals surface area contributed by atoms with Crippen molar-refractivity contribution in [2.75, 3.05) is 27.3 Å². The van der Waals surface area contributed by atoms with Gasteiger partial charge < -0.3 is 20.1 Å². The van der Waals surface area contributed by atoms with Crippen molar-refractivity contribution in [3.05, 3.63) is 59.7 Å². The third-order valence-corrected chi connectivity index (χ3v) is 6.25. The Morgan fingerprint density at radius 1 is 1.04 bits per heavy atom. The number of amides is 1. The molecular weight excluding hydrogens is 352 g/mol. The lowest BCUT2D eigenvalue weighted by atomic mass is 9.91. The van der Waals surface area contributed by atoms with Crippen LogP contribution in [-0.4, -0.2) is 33.2 Å². The summed E-state index contributed by atoms with van der Waals surface area (Å²) in [6.07, 6.45) is 3.19. The smallest absolute Gasteiger partial charge is 0.224 e. The predicted molar refractivity (Wildman–Crippen MR) is 109 cm³/mol. The average molecular weight is 380 g/mol. The summed E-state index contributed by atoms with van der Waals surface area (Å²) in [5, 5.41) is 6.71. The van der Waals surface area contributed by atoms with Crippen LogP contribution in [0.25, 0.3) is 0 Å². The third-order valence-electron chi connectivity index (χ3n) is 6.25. The van der Waals surface area contributed by atoms with E-state index in [0.717, 1.165) is 55.0 Å². The van der Waals surface area contributed by atoms with Gasteiger partial charge in [0.15, 0.2) is 0 Å². The second kappa shape index (κ2) is 7.84. The molecule has 0 aromatic heterocycles. The van der Waals surface area contributed by atoms with Crippen LogP contribution in [0.15, 0.2) is 48.5 Å². The Bertz CT molecular complexity index is 798. The van der Waals surface area contributed by atoms with Gasteiger partial charge in [0.1, 0.15) is 11.5 Å². The van der Waals surface area contributed by atoms with Gasteiger partial charge in [-0.05, 0) is 73.2 Å². The molecule has 1 aliphatic heterocycles. The van der Waals surface area contributed by atoms with Crippen LogP contribution in [-0.2, 0) is 4.79 Å². The number of rotatable bonds is 6. The SMILES string of the molecule is COc1cccc(C(NC(=O)C2CC23CCNCC3)c2cccc(OC)c2)c1. The lowest BCUT2D eigenvalue weighted by Crippen LogP contribution is -2.35. The summed E-state index contributed by atoms with van der Waals surface area (Å²) in [6, 6.07) is 15.5. The van der Waals surface area contributed by atoms with Crippen molar-refractivity contribution in [3.63, 3.8) is 0 Å². The minimum absolute atomic E-state index is 0.119. The average Bonchev–Trinajstić information content (AvgIpc) is 3.45. The molecule has 2 aromatic rings. The molecule has 1 heterocycles. The lowest BCUT2D eigenvalue weighted by Gasteiger charge is -2.25. The van der Waals surface area contributed by atoms with Gasteiger partial charge in [0.2, 0.25) is 5.91 Å². The van der Waals surface area contributed by atoms with E-state index in [0.29, 0.717) is 0 Å². The molecule has 148 valence electrons. The molecule has 2 aromatic carbocycles. The Balaban J connectivity index is 1.60. The van der Waals surface area contributed by atoms with Crippen LogP contribution in [0.5, 0.6) is 11.5 Å². The van der Waals surface area contributed by atoms with Gasteiger partial charge >= 0.3 is 0 Å². The van der Waals surface area contributed by atoms with E-state index in [-0.39, 0.29) is 23.3 Å². The van der Waals surface area contributed by atoms with E-state index in [9.17, 15) is 4.79 Å². The minimum atomic E-state index is -0.239. The van der Waals surface area contributed by atoms with Crippen molar-refractivity contribution >= 4 is 5.91 Å². The monoisotopic (exact) mass is 380 g/mol. The van der Waals surface area contributed by atoms with E-state index in [1.54, 1.807) is 14.2 Å². The van der Waals surface area contributed by atoms with E-state index >= 15 is 0 Å². The quantitative estimate of drug-likeness (QED) is 0.807. The number of benzene rings is 2. The number of carbonyl (C=O) groups excluding carboxylic acids is 1. The highest BCUT2D eigenvalue weighted by Crippen LogP contribution is 2.58. The second-order valence-corrected chi connectivity index (χ2v) is 7.86. The summed E-state index contributed by atoms with van der Waals surface area (Å²) in [5.41, 5.74) is 2.21. The first kappa shape index (κ1) is 18.8. The van der Waals surface area contributed by atoms with Gasteiger partial charge in [-0.15, -0.1) is 0 Å². The summed E-state index contributed by atoms with van der Waals surface area (Å²) in [7, 11) is 3.31. The molecule has 4 rings (SSSR count). The van der Waals surface area contributed by atoms with Crippen molar-refractivity contribution in [2.45, 2.75) is 25.3 Å². The van der Waals surface area contributed by atoms with Crippen molar-refractivity contribution in [1.82, 2.24) is 10.6 Å². The molecule has 1 spiro atoms. The zero-order chi connectivity index (χ0) is 19.6. The fraction of sp³-hybridized carbons (Fsp3) is 0.435. The molecular formula is C23H28N2O3. The van der Waals surface area contributed by atoms with Crippen LogP contribution in [0.1, 0.15) is 36.4 Å². The van der Waals surface area contributed by atoms with Gasteiger partial charge in [0.05, 0.1) is 20.3 Å². The van der Waals surface area contributed by atoms with Gasteiger partial charge in [-0.25, -0.2) is 0 Å². The van der Waals surface area contributed by atoms with Crippen molar-refractivity contribution in [2.24, 2.45) is 11.3 Å². The van der Waals surface area contributed by atoms with Crippen LogP contribution in [0.3, 0.4) is 0 Å². The predicted octanol–water partition coefficient (Wildman–Crippen LogP) is 3.30. The van der Waals surface area contributed by atoms with Crippen LogP contribution < -0.4 is 20.1 Å². The number of piperidine rings is 1. The number of ether oxygens (including phenoxy) is 2. The molecule has 1 unspecified atom stereocenters. The van der Waals surface area contributed by atoms with E-state index in [4.69, 9.17) is 9.47 Å². The molecule has 2 N–H and O–H groups in total. The van der Waals surface area contributed by atoms with E-state index in [2.05, 4.69) is 10.6 Å². The van der Waals surface area contributed by atoms with Gasteiger partial charge in [0, 0.05) is 5.92 Å². The molecule has 2 aliphatic rings. The summed E-state index contributed by atoms with van der Waals surface area (Å²) in [4.78, 5) is 13.2. The first-order chi connectivity index (χ1) is 13.6. The molecule has 5 heteroatoms. The lowest BCUT2D eigenvalue weighted by molar-refractivity contribution is -0.123. The van der Waals surface area contributed by atoms with Gasteiger partial charge in [-0.1, -0.05) is 24.3 Å². The molecule has 1 amide bonds. The molecule has 2 fully saturated rings. The highest BCUT2D eigenvalue weighted by atomic mass is 16.5. The van der Waals surface area contributed by atoms with Crippen LogP contribution in [0.2, 0.25) is 0 Å². The summed E-state index contributed by atoms with van der Waals surface area (Å²) < 4.78 is 10.8. The highest BCUT2D eigenvalue weighted by molar-refractivity contribution is 5.83. The number of carbonyl (C=O) groups is 1. The molecule has 28 heavy (non-hydrogen) atoms. The molecule has 1 aliphatic carbocycles. The fourth-order valence-corrected chi connectivity index (χ4v) is 4.44. The van der Waals surface area contributed by atoms with Gasteiger partial charge in [-0.3, -0.25) is 4.79 Å². The maximum absolute atomic E-state index is 13.2. The Morgan fingerprint density at radius 3 is 2.14 bits per heavy atom. The molecule has 1 saturated heterocycles. The molecule has 1 saturated carbocycles. The minimum Gasteiger partial charge on any atom is -0.497 e. The van der Waals surface area contributed by atoms with Crippen molar-refractivity contribution in [3.8, 4) is 11.5 Å². The summed E-state index contributed by atoms with van der Waals surface area (Å²) in [6.45, 7) is 2.03. The zero-order valence-electron chi connectivity index (χ0n) is 16.5. The van der Waals surface area contributed by atoms with Crippen molar-refractivity contribution < 1.29 is 14.3 Å². The normalized spacial score (nSPS) is 20.0. The third kappa shape index (κ3) is 3.72. The standard InChI is InChI=1S/C23H28N2O3/c1-27-18-7-3-5-16(13-18)21(17-6-4-8-19(14-17)28-2)25-22(26)20-15-23(20)9-11-24-12-10-23/h3-8,13-14,20-21,24H,9-12,15H2,1-2H3,(H,25,26). The second-order valence-electron chi connectivity index (χ2n) is 7.86. The summed E-state index contributed by atoms with van der Waals surface area (Å²) in [5.74, 6) is 1.83. The molecule has 1 atom stereocenters. The maximum Gasteiger partial charge on any atom is 0.224 e. The van der Waals surface area contributed by atoms with Gasteiger partial charge in [-0.2, -0.15) is 0 Å². The number of hydrogen-bond donors (Lipinski definition) is 2. The Morgan fingerprint density at radius 2 is 1.61 bits per heavy atom. The van der Waals surface area contributed by atoms with Crippen LogP contribution >= 0.6 is 0 Å². The molecule has 0 bridgehead atoms. The van der Waals surface area contributed by atoms with Gasteiger partial charge in [0.25, 0.3) is 0 Å². The maximum atomic E-state index is 13.2. The number of hydrogen-bond acceptors (Lipinski definition) is 4. The molecule has 0 radical (unpaired) electrons. The zero-order valence-corrected chi connectivity index (χ0v) is 16.5. The van der Waals surface area contributed by atoms with Crippen LogP contribution in [0, 0.1) is 11.3 Å². The Hall–Kier alpha value is -2.53. The van der Waals surface area contributed by atoms with E-state index in [1.165, 1.54) is 0 Å². The van der Waals surface area contributed by atoms with E-state index < -0.39 is 0 Å². The first-order valence-electron chi connectivity index (χ1n) is 9.94. The Kier molecular flexibility index (Phi) is 5.27. The fourth-order valence-electron chi connectivity index (χ4n) is 4.44. The number of nitrogens with one attached hydrogen (secondary N) is 2. The first-order valence-corrected chi connectivity index (χ1v) is 9.94. The molecule has 5 nitrogen and oxygen atoms in total. The van der Waals surface area contributed by atoms with Crippen LogP contribution in [0.4, 0.5) is 0 Å².